The second-order valence-electron chi connectivity index (χ2n) is 9.56. The minimum Gasteiger partial charge on any atom is -0.485 e. The van der Waals surface area contributed by atoms with Crippen molar-refractivity contribution in [2.45, 2.75) is 46.1 Å². The predicted octanol–water partition coefficient (Wildman–Crippen LogP) is 5.68. The molecule has 0 bridgehead atoms. The van der Waals surface area contributed by atoms with Crippen molar-refractivity contribution >= 4 is 29.0 Å². The molecule has 2 fully saturated rings. The van der Waals surface area contributed by atoms with Crippen molar-refractivity contribution < 1.29 is 9.84 Å². The summed E-state index contributed by atoms with van der Waals surface area (Å²) >= 11 is 12.5. The van der Waals surface area contributed by atoms with E-state index >= 15 is 0 Å². The molecule has 7 heteroatoms. The van der Waals surface area contributed by atoms with Crippen LogP contribution in [0.2, 0.25) is 10.0 Å². The smallest absolute Gasteiger partial charge is 0.132 e. The summed E-state index contributed by atoms with van der Waals surface area (Å²) in [5.74, 6) is 3.29. The molecule has 2 atom stereocenters. The van der Waals surface area contributed by atoms with E-state index in [0.717, 1.165) is 66.9 Å². The molecule has 1 unspecified atom stereocenters. The van der Waals surface area contributed by atoms with Gasteiger partial charge in [-0.3, -0.25) is 0 Å². The molecule has 4 rings (SSSR count). The number of anilines is 1. The van der Waals surface area contributed by atoms with Gasteiger partial charge in [0.05, 0.1) is 0 Å². The maximum Gasteiger partial charge on any atom is 0.132 e. The molecule has 5 nitrogen and oxygen atoms in total. The molecule has 0 amide bonds. The highest BCUT2D eigenvalue weighted by Crippen LogP contribution is 2.37. The molecular weight excluding hydrogens is 457 g/mol. The number of hydrogen-bond acceptors (Lipinski definition) is 5. The summed E-state index contributed by atoms with van der Waals surface area (Å²) in [6, 6.07) is 7.60. The Morgan fingerprint density at radius 2 is 1.94 bits per heavy atom. The van der Waals surface area contributed by atoms with Crippen molar-refractivity contribution in [2.75, 3.05) is 44.2 Å². The normalized spacial score (nSPS) is 20.5. The molecular formula is C26H35Cl2N3O2. The van der Waals surface area contributed by atoms with Crippen LogP contribution in [0.25, 0.3) is 0 Å². The molecule has 33 heavy (non-hydrogen) atoms. The Morgan fingerprint density at radius 3 is 2.67 bits per heavy atom. The summed E-state index contributed by atoms with van der Waals surface area (Å²) in [7, 11) is 0. The number of aromatic nitrogens is 1. The van der Waals surface area contributed by atoms with Crippen LogP contribution >= 0.6 is 23.2 Å². The Labute approximate surface area is 207 Å². The summed E-state index contributed by atoms with van der Waals surface area (Å²) in [4.78, 5) is 9.76. The number of ether oxygens (including phenoxy) is 1. The van der Waals surface area contributed by atoms with Gasteiger partial charge in [-0.1, -0.05) is 29.3 Å². The third kappa shape index (κ3) is 5.76. The molecule has 2 aromatic rings. The van der Waals surface area contributed by atoms with E-state index in [1.54, 1.807) is 6.07 Å². The van der Waals surface area contributed by atoms with Crippen LogP contribution < -0.4 is 9.64 Å². The standard InChI is InChI=1S/C26H35Cl2N3O2/c1-17-18(2)29-26(13-25(17)33-19(3)23-8-7-22(27)12-24(23)28)31-15-21(16-31)20-6-4-9-30(14-20)10-5-11-32/h7-8,12-13,19-21,32H,4-6,9-11,14-16H2,1-3H3/t19-,20?/m1/s1. The molecule has 1 N–H and O–H groups in total. The lowest BCUT2D eigenvalue weighted by Crippen LogP contribution is -2.54. The quantitative estimate of drug-likeness (QED) is 0.514. The maximum atomic E-state index is 9.14. The fourth-order valence-electron chi connectivity index (χ4n) is 5.03. The summed E-state index contributed by atoms with van der Waals surface area (Å²) in [6.07, 6.45) is 3.25. The van der Waals surface area contributed by atoms with E-state index in [9.17, 15) is 0 Å². The molecule has 2 aliphatic rings. The Morgan fingerprint density at radius 1 is 1.15 bits per heavy atom. The number of aryl methyl sites for hydroxylation is 1. The third-order valence-electron chi connectivity index (χ3n) is 7.23. The van der Waals surface area contributed by atoms with Crippen LogP contribution in [-0.2, 0) is 0 Å². The number of benzene rings is 1. The van der Waals surface area contributed by atoms with Gasteiger partial charge in [-0.15, -0.1) is 0 Å². The highest BCUT2D eigenvalue weighted by Gasteiger charge is 2.36. The number of piperidine rings is 1. The molecule has 3 heterocycles. The summed E-state index contributed by atoms with van der Waals surface area (Å²) in [5, 5.41) is 10.4. The molecule has 180 valence electrons. The topological polar surface area (TPSA) is 48.8 Å². The van der Waals surface area contributed by atoms with E-state index in [1.807, 2.05) is 26.0 Å². The first-order valence-corrected chi connectivity index (χ1v) is 12.8. The van der Waals surface area contributed by atoms with Crippen LogP contribution in [0.15, 0.2) is 24.3 Å². The van der Waals surface area contributed by atoms with Crippen molar-refractivity contribution in [2.24, 2.45) is 11.8 Å². The van der Waals surface area contributed by atoms with Gasteiger partial charge in [0.25, 0.3) is 0 Å². The number of rotatable bonds is 8. The first-order valence-electron chi connectivity index (χ1n) is 12.0. The zero-order chi connectivity index (χ0) is 23.5. The van der Waals surface area contributed by atoms with E-state index in [4.69, 9.17) is 38.0 Å². The maximum absolute atomic E-state index is 9.14. The molecule has 0 spiro atoms. The number of pyridine rings is 1. The van der Waals surface area contributed by atoms with E-state index < -0.39 is 0 Å². The van der Waals surface area contributed by atoms with Crippen LogP contribution in [0, 0.1) is 25.7 Å². The highest BCUT2D eigenvalue weighted by molar-refractivity contribution is 6.35. The summed E-state index contributed by atoms with van der Waals surface area (Å²) < 4.78 is 6.37. The van der Waals surface area contributed by atoms with Gasteiger partial charge >= 0.3 is 0 Å². The van der Waals surface area contributed by atoms with Gasteiger partial charge in [0.1, 0.15) is 17.7 Å². The fraction of sp³-hybridized carbons (Fsp3) is 0.577. The van der Waals surface area contributed by atoms with E-state index in [-0.39, 0.29) is 12.7 Å². The molecule has 0 aliphatic carbocycles. The second kappa shape index (κ2) is 10.8. The predicted molar refractivity (Wildman–Crippen MR) is 136 cm³/mol. The Bertz CT molecular complexity index is 965. The van der Waals surface area contributed by atoms with Crippen molar-refractivity contribution in [1.29, 1.82) is 0 Å². The zero-order valence-corrected chi connectivity index (χ0v) is 21.4. The SMILES string of the molecule is Cc1nc(N2CC(C3CCCN(CCCO)C3)C2)cc(O[C@H](C)c2ccc(Cl)cc2Cl)c1C. The third-order valence-corrected chi connectivity index (χ3v) is 7.80. The van der Waals surface area contributed by atoms with Crippen LogP contribution in [0.5, 0.6) is 5.75 Å². The zero-order valence-electron chi connectivity index (χ0n) is 19.9. The van der Waals surface area contributed by atoms with Crippen LogP contribution in [-0.4, -0.2) is 54.3 Å². The van der Waals surface area contributed by atoms with Gasteiger partial charge in [-0.05, 0) is 70.5 Å². The van der Waals surface area contributed by atoms with Gasteiger partial charge in [-0.25, -0.2) is 4.98 Å². The van der Waals surface area contributed by atoms with Gasteiger partial charge < -0.3 is 19.6 Å². The fourth-order valence-corrected chi connectivity index (χ4v) is 5.59. The van der Waals surface area contributed by atoms with Crippen LogP contribution in [0.1, 0.15) is 49.1 Å². The van der Waals surface area contributed by atoms with Crippen LogP contribution in [0.4, 0.5) is 5.82 Å². The number of likely N-dealkylation sites (tertiary alicyclic amines) is 1. The van der Waals surface area contributed by atoms with E-state index in [0.29, 0.717) is 16.0 Å². The second-order valence-corrected chi connectivity index (χ2v) is 10.4. The molecule has 1 aromatic heterocycles. The number of halogens is 2. The largest absolute Gasteiger partial charge is 0.485 e. The van der Waals surface area contributed by atoms with Crippen molar-refractivity contribution in [3.05, 3.63) is 51.1 Å². The Kier molecular flexibility index (Phi) is 8.06. The van der Waals surface area contributed by atoms with Crippen molar-refractivity contribution in [1.82, 2.24) is 9.88 Å². The first-order chi connectivity index (χ1) is 15.9. The summed E-state index contributed by atoms with van der Waals surface area (Å²) in [5.41, 5.74) is 2.97. The summed E-state index contributed by atoms with van der Waals surface area (Å²) in [6.45, 7) is 11.8. The molecule has 1 aromatic carbocycles. The van der Waals surface area contributed by atoms with Gasteiger partial charge in [-0.2, -0.15) is 0 Å². The minimum atomic E-state index is -0.195. The Hall–Kier alpha value is -1.53. The lowest BCUT2D eigenvalue weighted by atomic mass is 9.80. The lowest BCUT2D eigenvalue weighted by Gasteiger charge is -2.47. The number of nitrogens with zero attached hydrogens (tertiary/aromatic N) is 3. The van der Waals surface area contributed by atoms with Gasteiger partial charge in [0.2, 0.25) is 0 Å². The highest BCUT2D eigenvalue weighted by atomic mass is 35.5. The number of aliphatic hydroxyl groups is 1. The van der Waals surface area contributed by atoms with Gasteiger partial charge in [0, 0.05) is 65.7 Å². The first kappa shape index (κ1) is 24.6. The average Bonchev–Trinajstić information content (AvgIpc) is 2.75. The molecule has 2 saturated heterocycles. The molecule has 0 radical (unpaired) electrons. The Balaban J connectivity index is 1.41. The molecule has 0 saturated carbocycles. The van der Waals surface area contributed by atoms with Crippen LogP contribution in [0.3, 0.4) is 0 Å². The number of aliphatic hydroxyl groups excluding tert-OH is 1. The van der Waals surface area contributed by atoms with E-state index in [1.165, 1.54) is 19.4 Å². The lowest BCUT2D eigenvalue weighted by molar-refractivity contribution is 0.112. The van der Waals surface area contributed by atoms with Crippen molar-refractivity contribution in [3.8, 4) is 5.75 Å². The monoisotopic (exact) mass is 491 g/mol. The average molecular weight is 492 g/mol. The van der Waals surface area contributed by atoms with E-state index in [2.05, 4.69) is 22.8 Å². The van der Waals surface area contributed by atoms with Crippen molar-refractivity contribution in [3.63, 3.8) is 0 Å². The minimum absolute atomic E-state index is 0.195. The molecule has 2 aliphatic heterocycles. The van der Waals surface area contributed by atoms with Gasteiger partial charge in [0.15, 0.2) is 0 Å². The number of hydrogen-bond donors (Lipinski definition) is 1.